The molecule has 1 N–H and O–H groups in total. The second kappa shape index (κ2) is 12.2. The average Bonchev–Trinajstić information content (AvgIpc) is 3.92. The van der Waals surface area contributed by atoms with E-state index in [9.17, 15) is 26.3 Å². The van der Waals surface area contributed by atoms with Crippen LogP contribution in [0.15, 0.2) is 41.1 Å². The molecule has 4 aromatic rings. The molecule has 2 aliphatic rings. The number of pyridine rings is 1. The quantitative estimate of drug-likeness (QED) is 0.165. The second-order valence-corrected chi connectivity index (χ2v) is 14.7. The lowest BCUT2D eigenvalue weighted by molar-refractivity contribution is -0.143. The van der Waals surface area contributed by atoms with Gasteiger partial charge in [0.25, 0.3) is 0 Å². The number of nitrogens with zero attached hydrogens (tertiary/aromatic N) is 6. The Morgan fingerprint density at radius 2 is 1.45 bits per heavy atom. The van der Waals surface area contributed by atoms with Crippen molar-refractivity contribution in [2.75, 3.05) is 23.3 Å². The molecular formula is C33H36BrF6N7. The summed E-state index contributed by atoms with van der Waals surface area (Å²) in [5.41, 5.74) is -1.44. The van der Waals surface area contributed by atoms with Crippen LogP contribution in [0.4, 0.5) is 38.1 Å². The summed E-state index contributed by atoms with van der Waals surface area (Å²) in [4.78, 5) is 16.1. The maximum absolute atomic E-state index is 13.9. The highest BCUT2D eigenvalue weighted by molar-refractivity contribution is 9.10. The summed E-state index contributed by atoms with van der Waals surface area (Å²) in [6.45, 7) is 9.51. The summed E-state index contributed by atoms with van der Waals surface area (Å²) in [5.74, 6) is 1.99. The molecule has 1 aromatic carbocycles. The minimum atomic E-state index is -4.97. The molecule has 3 aromatic heterocycles. The van der Waals surface area contributed by atoms with Crippen LogP contribution in [0, 0.1) is 18.8 Å². The molecule has 0 spiro atoms. The molecule has 47 heavy (non-hydrogen) atoms. The molecule has 2 fully saturated rings. The minimum Gasteiger partial charge on any atom is -0.356 e. The van der Waals surface area contributed by atoms with Crippen LogP contribution in [-0.2, 0) is 24.3 Å². The molecule has 0 bridgehead atoms. The zero-order chi connectivity index (χ0) is 33.9. The van der Waals surface area contributed by atoms with Crippen molar-refractivity contribution in [3.63, 3.8) is 0 Å². The van der Waals surface area contributed by atoms with E-state index in [2.05, 4.69) is 36.1 Å². The molecule has 0 aliphatic heterocycles. The van der Waals surface area contributed by atoms with E-state index in [4.69, 9.17) is 10.1 Å². The van der Waals surface area contributed by atoms with Crippen LogP contribution in [-0.4, -0.2) is 37.8 Å². The lowest BCUT2D eigenvalue weighted by atomic mass is 9.93. The van der Waals surface area contributed by atoms with Gasteiger partial charge in [-0.2, -0.15) is 31.4 Å². The molecule has 0 saturated heterocycles. The van der Waals surface area contributed by atoms with Crippen molar-refractivity contribution in [2.24, 2.45) is 11.8 Å². The van der Waals surface area contributed by atoms with E-state index in [-0.39, 0.29) is 24.0 Å². The Morgan fingerprint density at radius 3 is 1.94 bits per heavy atom. The Morgan fingerprint density at radius 1 is 0.894 bits per heavy atom. The number of anilines is 2. The topological polar surface area (TPSA) is 71.8 Å². The predicted molar refractivity (Wildman–Crippen MR) is 171 cm³/mol. The molecule has 14 heteroatoms. The fourth-order valence-corrected chi connectivity index (χ4v) is 6.06. The summed E-state index contributed by atoms with van der Waals surface area (Å²) in [5, 5.41) is 8.76. The van der Waals surface area contributed by atoms with Crippen molar-refractivity contribution < 1.29 is 26.3 Å². The van der Waals surface area contributed by atoms with Gasteiger partial charge in [0.2, 0.25) is 5.95 Å². The van der Waals surface area contributed by atoms with Crippen LogP contribution in [0.25, 0.3) is 11.0 Å². The number of benzene rings is 1. The van der Waals surface area contributed by atoms with Crippen LogP contribution in [0.1, 0.15) is 80.4 Å². The van der Waals surface area contributed by atoms with Crippen LogP contribution in [0.3, 0.4) is 0 Å². The molecule has 1 unspecified atom stereocenters. The van der Waals surface area contributed by atoms with E-state index in [0.29, 0.717) is 44.4 Å². The fraction of sp³-hybridized carbons (Fsp3) is 0.515. The average molecular weight is 725 g/mol. The van der Waals surface area contributed by atoms with E-state index in [0.717, 1.165) is 50.9 Å². The van der Waals surface area contributed by atoms with Crippen molar-refractivity contribution in [1.82, 2.24) is 24.7 Å². The van der Waals surface area contributed by atoms with Gasteiger partial charge >= 0.3 is 12.4 Å². The standard InChI is InChI=1S/C33H36BrF6N7/c1-18-28-25(13-27(44-29(28)47(45-18)31(2,3)4)46(16-19-5-6-19)17-20-7-8-20)26(43-30-41-14-24(34)15-42-30)11-21-9-22(32(35,36)37)12-23(10-21)33(38,39)40/h9-10,12-15,19-20,26H,5-8,11,16-17H2,1-4H3,(H,41,42,43). The Balaban J connectivity index is 1.55. The molecule has 1 atom stereocenters. The lowest BCUT2D eigenvalue weighted by Crippen LogP contribution is -2.30. The highest BCUT2D eigenvalue weighted by atomic mass is 79.9. The molecule has 252 valence electrons. The van der Waals surface area contributed by atoms with E-state index in [1.165, 1.54) is 12.4 Å². The smallest absolute Gasteiger partial charge is 0.356 e. The monoisotopic (exact) mass is 723 g/mol. The van der Waals surface area contributed by atoms with Gasteiger partial charge in [-0.05, 0) is 123 Å². The van der Waals surface area contributed by atoms with Crippen LogP contribution >= 0.6 is 15.9 Å². The van der Waals surface area contributed by atoms with Crippen LogP contribution in [0.5, 0.6) is 0 Å². The number of hydrogen-bond donors (Lipinski definition) is 1. The normalized spacial score (nSPS) is 16.5. The van der Waals surface area contributed by atoms with Gasteiger partial charge in [-0.1, -0.05) is 0 Å². The van der Waals surface area contributed by atoms with E-state index >= 15 is 0 Å². The van der Waals surface area contributed by atoms with Gasteiger partial charge in [0.05, 0.1) is 32.9 Å². The lowest BCUT2D eigenvalue weighted by Gasteiger charge is -2.28. The zero-order valence-corrected chi connectivity index (χ0v) is 28.1. The summed E-state index contributed by atoms with van der Waals surface area (Å²) in [6.07, 6.45) is -2.59. The number of fused-ring (bicyclic) bond motifs is 1. The highest BCUT2D eigenvalue weighted by Crippen LogP contribution is 2.41. The summed E-state index contributed by atoms with van der Waals surface area (Å²) in [6, 6.07) is 2.79. The van der Waals surface area contributed by atoms with Crippen molar-refractivity contribution in [3.8, 4) is 0 Å². The van der Waals surface area contributed by atoms with Gasteiger partial charge in [-0.3, -0.25) is 0 Å². The highest BCUT2D eigenvalue weighted by Gasteiger charge is 2.38. The molecule has 0 radical (unpaired) electrons. The summed E-state index contributed by atoms with van der Waals surface area (Å²) in [7, 11) is 0. The number of rotatable bonds is 10. The number of nitrogens with one attached hydrogen (secondary N) is 1. The van der Waals surface area contributed by atoms with Gasteiger partial charge in [-0.15, -0.1) is 0 Å². The van der Waals surface area contributed by atoms with Crippen molar-refractivity contribution in [3.05, 3.63) is 69.1 Å². The van der Waals surface area contributed by atoms with Crippen molar-refractivity contribution >= 4 is 38.7 Å². The first-order chi connectivity index (χ1) is 22.0. The summed E-state index contributed by atoms with van der Waals surface area (Å²) >= 11 is 3.31. The Kier molecular flexibility index (Phi) is 8.71. The van der Waals surface area contributed by atoms with Gasteiger partial charge in [-0.25, -0.2) is 19.6 Å². The van der Waals surface area contributed by atoms with Crippen molar-refractivity contribution in [1.29, 1.82) is 0 Å². The van der Waals surface area contributed by atoms with Crippen LogP contribution in [0.2, 0.25) is 0 Å². The number of alkyl halides is 6. The maximum Gasteiger partial charge on any atom is 0.416 e. The van der Waals surface area contributed by atoms with Gasteiger partial charge in [0, 0.05) is 30.9 Å². The van der Waals surface area contributed by atoms with E-state index in [1.807, 2.05) is 38.4 Å². The van der Waals surface area contributed by atoms with Gasteiger partial charge < -0.3 is 10.2 Å². The first-order valence-electron chi connectivity index (χ1n) is 15.6. The van der Waals surface area contributed by atoms with E-state index < -0.39 is 35.1 Å². The molecule has 6 rings (SSSR count). The predicted octanol–water partition coefficient (Wildman–Crippen LogP) is 9.11. The Labute approximate surface area is 277 Å². The van der Waals surface area contributed by atoms with E-state index in [1.54, 1.807) is 0 Å². The Bertz CT molecular complexity index is 1710. The Hall–Kier alpha value is -3.42. The number of aryl methyl sites for hydroxylation is 1. The summed E-state index contributed by atoms with van der Waals surface area (Å²) < 4.78 is 85.8. The number of hydrogen-bond acceptors (Lipinski definition) is 6. The van der Waals surface area contributed by atoms with Crippen molar-refractivity contribution in [2.45, 2.75) is 83.7 Å². The SMILES string of the molecule is Cc1nn(C(C)(C)C)c2nc(N(CC3CC3)CC3CC3)cc(C(Cc3cc(C(F)(F)F)cc(C(F)(F)F)c3)Nc3ncc(Br)cn3)c12. The molecule has 3 heterocycles. The third-order valence-electron chi connectivity index (χ3n) is 8.53. The first-order valence-corrected chi connectivity index (χ1v) is 16.4. The zero-order valence-electron chi connectivity index (χ0n) is 26.5. The van der Waals surface area contributed by atoms with Crippen LogP contribution < -0.4 is 10.2 Å². The second-order valence-electron chi connectivity index (χ2n) is 13.8. The first kappa shape index (κ1) is 33.5. The molecule has 2 saturated carbocycles. The third kappa shape index (κ3) is 7.84. The maximum atomic E-state index is 13.9. The largest absolute Gasteiger partial charge is 0.416 e. The molecule has 7 nitrogen and oxygen atoms in total. The molecule has 2 aliphatic carbocycles. The number of halogens is 7. The molecular weight excluding hydrogens is 688 g/mol. The fourth-order valence-electron chi connectivity index (χ4n) is 5.85. The third-order valence-corrected chi connectivity index (χ3v) is 8.94. The van der Waals surface area contributed by atoms with Gasteiger partial charge in [0.15, 0.2) is 5.65 Å². The van der Waals surface area contributed by atoms with Gasteiger partial charge in [0.1, 0.15) is 5.82 Å². The molecule has 0 amide bonds. The minimum absolute atomic E-state index is 0.137. The number of aromatic nitrogens is 5.